The van der Waals surface area contributed by atoms with Gasteiger partial charge >= 0.3 is 0 Å². The summed E-state index contributed by atoms with van der Waals surface area (Å²) < 4.78 is 0. The first-order valence-electron chi connectivity index (χ1n) is 9.32. The summed E-state index contributed by atoms with van der Waals surface area (Å²) in [4.78, 5) is 13.1. The summed E-state index contributed by atoms with van der Waals surface area (Å²) >= 11 is 1.76. The molecule has 0 spiro atoms. The Labute approximate surface area is 151 Å². The number of rotatable bonds is 8. The lowest BCUT2D eigenvalue weighted by atomic mass is 10.1. The van der Waals surface area contributed by atoms with E-state index in [4.69, 9.17) is 4.99 Å². The topological polar surface area (TPSA) is 52.6 Å². The van der Waals surface area contributed by atoms with Gasteiger partial charge in [-0.3, -0.25) is 4.90 Å². The fourth-order valence-electron chi connectivity index (χ4n) is 3.12. The van der Waals surface area contributed by atoms with Gasteiger partial charge in [0, 0.05) is 36.8 Å². The first kappa shape index (κ1) is 19.2. The largest absolute Gasteiger partial charge is 0.357 e. The number of nitrogens with zero attached hydrogens (tertiary/aromatic N) is 3. The van der Waals surface area contributed by atoms with Gasteiger partial charge in [-0.2, -0.15) is 0 Å². The zero-order valence-electron chi connectivity index (χ0n) is 15.6. The number of likely N-dealkylation sites (tertiary alicyclic amines) is 1. The lowest BCUT2D eigenvalue weighted by Crippen LogP contribution is -2.45. The highest BCUT2D eigenvalue weighted by Crippen LogP contribution is 2.18. The minimum atomic E-state index is 0.628. The molecule has 0 aromatic carbocycles. The standard InChI is InChI=1S/C18H33N5S/c1-5-16-11-20-17(24-16)12-22-18(19-6-2)21-10-15-8-7-9-23(15)13-14(3)4/h11,14-15H,5-10,12-13H2,1-4H3,(H2,19,21,22)/t15-/m1/s1. The number of hydrogen-bond acceptors (Lipinski definition) is 4. The molecule has 24 heavy (non-hydrogen) atoms. The lowest BCUT2D eigenvalue weighted by Gasteiger charge is -2.27. The molecule has 0 bridgehead atoms. The van der Waals surface area contributed by atoms with Crippen LogP contribution >= 0.6 is 11.3 Å². The maximum atomic E-state index is 4.70. The van der Waals surface area contributed by atoms with Crippen molar-refractivity contribution in [2.24, 2.45) is 10.9 Å². The van der Waals surface area contributed by atoms with E-state index in [0.717, 1.165) is 36.4 Å². The van der Waals surface area contributed by atoms with Crippen LogP contribution in [0.5, 0.6) is 0 Å². The second kappa shape index (κ2) is 9.99. The van der Waals surface area contributed by atoms with Crippen molar-refractivity contribution in [3.8, 4) is 0 Å². The molecule has 136 valence electrons. The van der Waals surface area contributed by atoms with E-state index in [-0.39, 0.29) is 0 Å². The molecule has 6 heteroatoms. The summed E-state index contributed by atoms with van der Waals surface area (Å²) in [6.07, 6.45) is 5.61. The highest BCUT2D eigenvalue weighted by Gasteiger charge is 2.24. The Morgan fingerprint density at radius 1 is 1.42 bits per heavy atom. The Morgan fingerprint density at radius 3 is 2.92 bits per heavy atom. The van der Waals surface area contributed by atoms with Crippen LogP contribution in [0.25, 0.3) is 0 Å². The molecular weight excluding hydrogens is 318 g/mol. The van der Waals surface area contributed by atoms with Crippen molar-refractivity contribution in [3.63, 3.8) is 0 Å². The number of thiazole rings is 1. The average Bonchev–Trinajstić information content (AvgIpc) is 3.18. The van der Waals surface area contributed by atoms with Gasteiger partial charge in [-0.25, -0.2) is 9.98 Å². The van der Waals surface area contributed by atoms with Crippen LogP contribution in [-0.4, -0.2) is 48.1 Å². The molecule has 2 heterocycles. The Bertz CT molecular complexity index is 511. The first-order valence-corrected chi connectivity index (χ1v) is 10.1. The van der Waals surface area contributed by atoms with E-state index in [1.165, 1.54) is 30.8 Å². The molecule has 2 N–H and O–H groups in total. The third-order valence-corrected chi connectivity index (χ3v) is 5.40. The van der Waals surface area contributed by atoms with E-state index in [1.807, 2.05) is 6.20 Å². The number of aliphatic imine (C=N–C) groups is 1. The summed E-state index contributed by atoms with van der Waals surface area (Å²) in [5.41, 5.74) is 0. The van der Waals surface area contributed by atoms with Crippen molar-refractivity contribution in [1.82, 2.24) is 20.5 Å². The van der Waals surface area contributed by atoms with Crippen molar-refractivity contribution >= 4 is 17.3 Å². The predicted molar refractivity (Wildman–Crippen MR) is 104 cm³/mol. The SMILES string of the molecule is CCNC(=NCc1ncc(CC)s1)NC[C@H]1CCCN1CC(C)C. The molecule has 0 radical (unpaired) electrons. The summed E-state index contributed by atoms with van der Waals surface area (Å²) in [6, 6.07) is 0.628. The van der Waals surface area contributed by atoms with Crippen LogP contribution in [0, 0.1) is 5.92 Å². The highest BCUT2D eigenvalue weighted by molar-refractivity contribution is 7.11. The fourth-order valence-corrected chi connectivity index (χ4v) is 3.91. The molecule has 1 aromatic rings. The van der Waals surface area contributed by atoms with Gasteiger partial charge in [0.25, 0.3) is 0 Å². The van der Waals surface area contributed by atoms with Gasteiger partial charge in [0.15, 0.2) is 5.96 Å². The molecular formula is C18H33N5S. The Balaban J connectivity index is 1.86. The number of guanidine groups is 1. The average molecular weight is 352 g/mol. The number of nitrogens with one attached hydrogen (secondary N) is 2. The van der Waals surface area contributed by atoms with Crippen LogP contribution < -0.4 is 10.6 Å². The monoisotopic (exact) mass is 351 g/mol. The van der Waals surface area contributed by atoms with E-state index in [1.54, 1.807) is 11.3 Å². The molecule has 1 fully saturated rings. The number of aromatic nitrogens is 1. The molecule has 1 atom stereocenters. The molecule has 1 aliphatic heterocycles. The Hall–Kier alpha value is -1.14. The van der Waals surface area contributed by atoms with Crippen LogP contribution in [0.4, 0.5) is 0 Å². The van der Waals surface area contributed by atoms with Crippen LogP contribution in [0.1, 0.15) is 50.4 Å². The summed E-state index contributed by atoms with van der Waals surface area (Å²) in [5, 5.41) is 7.97. The smallest absolute Gasteiger partial charge is 0.191 e. The molecule has 1 aliphatic rings. The zero-order chi connectivity index (χ0) is 17.4. The van der Waals surface area contributed by atoms with E-state index in [2.05, 4.69) is 48.2 Å². The second-order valence-electron chi connectivity index (χ2n) is 6.83. The van der Waals surface area contributed by atoms with Crippen LogP contribution in [0.3, 0.4) is 0 Å². The van der Waals surface area contributed by atoms with Crippen molar-refractivity contribution in [3.05, 3.63) is 16.1 Å². The predicted octanol–water partition coefficient (Wildman–Crippen LogP) is 2.88. The lowest BCUT2D eigenvalue weighted by molar-refractivity contribution is 0.226. The van der Waals surface area contributed by atoms with Crippen LogP contribution in [0.2, 0.25) is 0 Å². The van der Waals surface area contributed by atoms with E-state index in [0.29, 0.717) is 12.6 Å². The molecule has 2 rings (SSSR count). The Morgan fingerprint density at radius 2 is 2.25 bits per heavy atom. The van der Waals surface area contributed by atoms with Gasteiger partial charge in [0.05, 0.1) is 6.54 Å². The van der Waals surface area contributed by atoms with Gasteiger partial charge in [0.2, 0.25) is 0 Å². The van der Waals surface area contributed by atoms with E-state index in [9.17, 15) is 0 Å². The van der Waals surface area contributed by atoms with Gasteiger partial charge in [-0.05, 0) is 38.6 Å². The maximum Gasteiger partial charge on any atom is 0.191 e. The summed E-state index contributed by atoms with van der Waals surface area (Å²) in [5.74, 6) is 1.63. The normalized spacial score (nSPS) is 19.2. The van der Waals surface area contributed by atoms with Gasteiger partial charge in [-0.1, -0.05) is 20.8 Å². The second-order valence-corrected chi connectivity index (χ2v) is 8.03. The fraction of sp³-hybridized carbons (Fsp3) is 0.778. The first-order chi connectivity index (χ1) is 11.6. The van der Waals surface area contributed by atoms with Crippen LogP contribution in [0.15, 0.2) is 11.2 Å². The van der Waals surface area contributed by atoms with Crippen molar-refractivity contribution in [2.75, 3.05) is 26.2 Å². The molecule has 1 saturated heterocycles. The van der Waals surface area contributed by atoms with Crippen molar-refractivity contribution in [1.29, 1.82) is 0 Å². The number of hydrogen-bond donors (Lipinski definition) is 2. The molecule has 0 aliphatic carbocycles. The zero-order valence-corrected chi connectivity index (χ0v) is 16.5. The molecule has 0 unspecified atom stereocenters. The molecule has 5 nitrogen and oxygen atoms in total. The molecule has 1 aromatic heterocycles. The van der Waals surface area contributed by atoms with Gasteiger partial charge < -0.3 is 10.6 Å². The quantitative estimate of drug-likeness (QED) is 0.558. The third kappa shape index (κ3) is 6.06. The number of aryl methyl sites for hydroxylation is 1. The van der Waals surface area contributed by atoms with Crippen LogP contribution in [-0.2, 0) is 13.0 Å². The molecule has 0 amide bonds. The maximum absolute atomic E-state index is 4.70. The molecule has 0 saturated carbocycles. The van der Waals surface area contributed by atoms with Crippen molar-refractivity contribution < 1.29 is 0 Å². The summed E-state index contributed by atoms with van der Waals surface area (Å²) in [6.45, 7) is 13.8. The third-order valence-electron chi connectivity index (χ3n) is 4.27. The Kier molecular flexibility index (Phi) is 7.99. The summed E-state index contributed by atoms with van der Waals surface area (Å²) in [7, 11) is 0. The van der Waals surface area contributed by atoms with E-state index >= 15 is 0 Å². The minimum absolute atomic E-state index is 0.628. The minimum Gasteiger partial charge on any atom is -0.357 e. The van der Waals surface area contributed by atoms with E-state index < -0.39 is 0 Å². The highest BCUT2D eigenvalue weighted by atomic mass is 32.1. The van der Waals surface area contributed by atoms with Crippen molar-refractivity contribution in [2.45, 2.75) is 59.5 Å². The van der Waals surface area contributed by atoms with Gasteiger partial charge in [0.1, 0.15) is 5.01 Å². The van der Waals surface area contributed by atoms with Gasteiger partial charge in [-0.15, -0.1) is 11.3 Å².